The Balaban J connectivity index is 2.37. The molecule has 0 heterocycles. The summed E-state index contributed by atoms with van der Waals surface area (Å²) in [7, 11) is 1.30. The van der Waals surface area contributed by atoms with E-state index in [1.54, 1.807) is 6.92 Å². The fourth-order valence-corrected chi connectivity index (χ4v) is 1.29. The van der Waals surface area contributed by atoms with Crippen molar-refractivity contribution in [2.45, 2.75) is 20.0 Å². The fraction of sp³-hybridized carbons (Fsp3) is 0.385. The van der Waals surface area contributed by atoms with E-state index >= 15 is 0 Å². The molecule has 0 aromatic heterocycles. The first-order valence-electron chi connectivity index (χ1n) is 5.41. The Morgan fingerprint density at radius 1 is 1.24 bits per heavy atom. The van der Waals surface area contributed by atoms with Crippen molar-refractivity contribution in [3.63, 3.8) is 0 Å². The molecule has 1 aromatic rings. The first kappa shape index (κ1) is 13.2. The molecule has 1 atom stereocenters. The Labute approximate surface area is 101 Å². The molecule has 0 saturated carbocycles. The predicted molar refractivity (Wildman–Crippen MR) is 62.0 cm³/mol. The van der Waals surface area contributed by atoms with Crippen molar-refractivity contribution < 1.29 is 19.1 Å². The van der Waals surface area contributed by atoms with Gasteiger partial charge >= 0.3 is 11.9 Å². The number of carbonyl (C=O) groups is 2. The number of hydrogen-bond donors (Lipinski definition) is 0. The second-order valence-electron chi connectivity index (χ2n) is 3.77. The van der Waals surface area contributed by atoms with Gasteiger partial charge in [-0.2, -0.15) is 0 Å². The largest absolute Gasteiger partial charge is 0.469 e. The summed E-state index contributed by atoms with van der Waals surface area (Å²) in [6.45, 7) is 1.87. The molecule has 0 aliphatic carbocycles. The van der Waals surface area contributed by atoms with Gasteiger partial charge in [0.15, 0.2) is 0 Å². The summed E-state index contributed by atoms with van der Waals surface area (Å²) in [5, 5.41) is 0. The van der Waals surface area contributed by atoms with Gasteiger partial charge in [-0.15, -0.1) is 0 Å². The van der Waals surface area contributed by atoms with Gasteiger partial charge in [0.25, 0.3) is 0 Å². The zero-order valence-corrected chi connectivity index (χ0v) is 10.0. The Morgan fingerprint density at radius 3 is 2.47 bits per heavy atom. The summed E-state index contributed by atoms with van der Waals surface area (Å²) >= 11 is 0. The second kappa shape index (κ2) is 6.68. The van der Waals surface area contributed by atoms with Crippen molar-refractivity contribution in [2.24, 2.45) is 5.92 Å². The van der Waals surface area contributed by atoms with Gasteiger partial charge in [0.2, 0.25) is 0 Å². The normalized spacial score (nSPS) is 11.6. The number of benzene rings is 1. The molecule has 0 bridgehead atoms. The molecule has 0 amide bonds. The van der Waals surface area contributed by atoms with Crippen molar-refractivity contribution in [2.75, 3.05) is 7.11 Å². The first-order valence-corrected chi connectivity index (χ1v) is 5.41. The van der Waals surface area contributed by atoms with Gasteiger partial charge in [-0.05, 0) is 5.56 Å². The highest BCUT2D eigenvalue weighted by Gasteiger charge is 2.18. The van der Waals surface area contributed by atoms with Crippen LogP contribution in [0, 0.1) is 5.92 Å². The van der Waals surface area contributed by atoms with E-state index in [2.05, 4.69) is 4.74 Å². The number of ether oxygens (including phenoxy) is 2. The van der Waals surface area contributed by atoms with E-state index in [1.165, 1.54) is 7.11 Å². The number of rotatable bonds is 5. The molecule has 0 aliphatic heterocycles. The van der Waals surface area contributed by atoms with E-state index in [-0.39, 0.29) is 19.0 Å². The molecule has 1 aromatic carbocycles. The minimum atomic E-state index is -0.480. The molecule has 4 heteroatoms. The average Bonchev–Trinajstić information content (AvgIpc) is 2.36. The quantitative estimate of drug-likeness (QED) is 0.733. The topological polar surface area (TPSA) is 52.6 Å². The van der Waals surface area contributed by atoms with Crippen LogP contribution in [0.2, 0.25) is 0 Å². The number of carbonyl (C=O) groups excluding carboxylic acids is 2. The van der Waals surface area contributed by atoms with Crippen LogP contribution in [0.1, 0.15) is 18.9 Å². The minimum Gasteiger partial charge on any atom is -0.469 e. The van der Waals surface area contributed by atoms with Crippen molar-refractivity contribution in [3.8, 4) is 0 Å². The third-order valence-corrected chi connectivity index (χ3v) is 2.33. The highest BCUT2D eigenvalue weighted by atomic mass is 16.5. The fourth-order valence-electron chi connectivity index (χ4n) is 1.29. The van der Waals surface area contributed by atoms with Crippen molar-refractivity contribution in [1.82, 2.24) is 0 Å². The van der Waals surface area contributed by atoms with Crippen molar-refractivity contribution in [1.29, 1.82) is 0 Å². The molecule has 1 rings (SSSR count). The zero-order valence-electron chi connectivity index (χ0n) is 10.0. The van der Waals surface area contributed by atoms with E-state index in [0.717, 1.165) is 5.56 Å². The first-order chi connectivity index (χ1) is 8.13. The summed E-state index contributed by atoms with van der Waals surface area (Å²) in [6, 6.07) is 9.39. The molecule has 0 saturated heterocycles. The molecule has 4 nitrogen and oxygen atoms in total. The average molecular weight is 236 g/mol. The van der Waals surface area contributed by atoms with Crippen LogP contribution in [0.25, 0.3) is 0 Å². The van der Waals surface area contributed by atoms with E-state index < -0.39 is 11.9 Å². The third kappa shape index (κ3) is 4.68. The molecule has 1 unspecified atom stereocenters. The Hall–Kier alpha value is -1.84. The van der Waals surface area contributed by atoms with Gasteiger partial charge in [-0.1, -0.05) is 37.3 Å². The second-order valence-corrected chi connectivity index (χ2v) is 3.77. The number of hydrogen-bond acceptors (Lipinski definition) is 4. The Morgan fingerprint density at radius 2 is 1.88 bits per heavy atom. The third-order valence-electron chi connectivity index (χ3n) is 2.33. The van der Waals surface area contributed by atoms with Crippen LogP contribution in [-0.2, 0) is 25.7 Å². The number of methoxy groups -OCH3 is 1. The molecular formula is C13H16O4. The summed E-state index contributed by atoms with van der Waals surface area (Å²) in [4.78, 5) is 22.5. The standard InChI is InChI=1S/C13H16O4/c1-10(8-12(14)16-2)13(15)17-9-11-6-4-3-5-7-11/h3-7,10H,8-9H2,1-2H3. The van der Waals surface area contributed by atoms with Crippen molar-refractivity contribution in [3.05, 3.63) is 35.9 Å². The van der Waals surface area contributed by atoms with Gasteiger partial charge in [-0.3, -0.25) is 9.59 Å². The molecular weight excluding hydrogens is 220 g/mol. The van der Waals surface area contributed by atoms with Gasteiger partial charge in [0.1, 0.15) is 6.61 Å². The van der Waals surface area contributed by atoms with E-state index in [1.807, 2.05) is 30.3 Å². The number of esters is 2. The maximum atomic E-state index is 11.5. The monoisotopic (exact) mass is 236 g/mol. The lowest BCUT2D eigenvalue weighted by Gasteiger charge is -2.10. The lowest BCUT2D eigenvalue weighted by atomic mass is 10.1. The summed E-state index contributed by atoms with van der Waals surface area (Å²) in [5.41, 5.74) is 0.922. The smallest absolute Gasteiger partial charge is 0.309 e. The maximum absolute atomic E-state index is 11.5. The highest BCUT2D eigenvalue weighted by Crippen LogP contribution is 2.08. The summed E-state index contributed by atoms with van der Waals surface area (Å²) in [5.74, 6) is -1.28. The molecule has 92 valence electrons. The minimum absolute atomic E-state index is 0.0458. The van der Waals surface area contributed by atoms with E-state index in [0.29, 0.717) is 0 Å². The predicted octanol–water partition coefficient (Wildman–Crippen LogP) is 1.93. The summed E-state index contributed by atoms with van der Waals surface area (Å²) in [6.07, 6.45) is 0.0458. The molecule has 0 aliphatic rings. The van der Waals surface area contributed by atoms with Crippen LogP contribution in [0.5, 0.6) is 0 Å². The van der Waals surface area contributed by atoms with Gasteiger partial charge in [-0.25, -0.2) is 0 Å². The highest BCUT2D eigenvalue weighted by molar-refractivity contribution is 5.79. The Kier molecular flexibility index (Phi) is 5.20. The van der Waals surface area contributed by atoms with Gasteiger partial charge in [0, 0.05) is 0 Å². The molecule has 17 heavy (non-hydrogen) atoms. The lowest BCUT2D eigenvalue weighted by molar-refractivity contribution is -0.154. The Bertz CT molecular complexity index is 372. The summed E-state index contributed by atoms with van der Waals surface area (Å²) < 4.78 is 9.58. The van der Waals surface area contributed by atoms with Crippen LogP contribution >= 0.6 is 0 Å². The molecule has 0 radical (unpaired) electrons. The van der Waals surface area contributed by atoms with Crippen molar-refractivity contribution >= 4 is 11.9 Å². The molecule has 0 N–H and O–H groups in total. The van der Waals surface area contributed by atoms with Crippen LogP contribution in [-0.4, -0.2) is 19.0 Å². The van der Waals surface area contributed by atoms with Crippen LogP contribution in [0.4, 0.5) is 0 Å². The lowest BCUT2D eigenvalue weighted by Crippen LogP contribution is -2.18. The molecule has 0 spiro atoms. The van der Waals surface area contributed by atoms with Crippen LogP contribution in [0.15, 0.2) is 30.3 Å². The van der Waals surface area contributed by atoms with E-state index in [4.69, 9.17) is 4.74 Å². The van der Waals surface area contributed by atoms with Crippen LogP contribution < -0.4 is 0 Å². The van der Waals surface area contributed by atoms with Gasteiger partial charge < -0.3 is 9.47 Å². The zero-order chi connectivity index (χ0) is 12.7. The van der Waals surface area contributed by atoms with Gasteiger partial charge in [0.05, 0.1) is 19.4 Å². The molecule has 0 fully saturated rings. The SMILES string of the molecule is COC(=O)CC(C)C(=O)OCc1ccccc1. The maximum Gasteiger partial charge on any atom is 0.309 e. The van der Waals surface area contributed by atoms with E-state index in [9.17, 15) is 9.59 Å². The van der Waals surface area contributed by atoms with Crippen LogP contribution in [0.3, 0.4) is 0 Å².